The first-order valence-corrected chi connectivity index (χ1v) is 14.7. The lowest BCUT2D eigenvalue weighted by Gasteiger charge is -2.29. The fourth-order valence-corrected chi connectivity index (χ4v) is 6.34. The molecule has 0 atom stereocenters. The minimum atomic E-state index is -2.68. The smallest absolute Gasteiger partial charge is 0.385 e. The maximum atomic E-state index is 11.9. The Bertz CT molecular complexity index is 902. The number of carbonyl (C=O) groups is 1. The number of rotatable bonds is 17. The molecule has 0 heterocycles. The summed E-state index contributed by atoms with van der Waals surface area (Å²) in [6.07, 6.45) is 3.73. The molecule has 0 aliphatic heterocycles. The summed E-state index contributed by atoms with van der Waals surface area (Å²) in [5.41, 5.74) is 4.49. The zero-order valence-corrected chi connectivity index (χ0v) is 24.9. The van der Waals surface area contributed by atoms with Crippen LogP contribution in [-0.4, -0.2) is 41.1 Å². The number of carbonyl (C=O) groups excluding carboxylic acids is 1. The molecular formula is C28H43BrN2O4Si. The highest BCUT2D eigenvalue weighted by atomic mass is 79.9. The number of hydrogen-bond donors (Lipinski definition) is 2. The average molecular weight is 580 g/mol. The number of benzene rings is 2. The molecule has 0 unspecified atom stereocenters. The summed E-state index contributed by atoms with van der Waals surface area (Å²) < 4.78 is 18.6. The van der Waals surface area contributed by atoms with Gasteiger partial charge in [-0.3, -0.25) is 4.79 Å². The van der Waals surface area contributed by atoms with Crippen LogP contribution in [-0.2, 0) is 18.1 Å². The van der Waals surface area contributed by atoms with Gasteiger partial charge in [0.15, 0.2) is 0 Å². The van der Waals surface area contributed by atoms with E-state index in [0.717, 1.165) is 60.8 Å². The predicted molar refractivity (Wildman–Crippen MR) is 158 cm³/mol. The molecule has 8 heteroatoms. The van der Waals surface area contributed by atoms with E-state index in [1.807, 2.05) is 36.4 Å². The molecule has 0 aliphatic carbocycles. The molecule has 36 heavy (non-hydrogen) atoms. The van der Waals surface area contributed by atoms with Crippen molar-refractivity contribution in [2.45, 2.75) is 59.4 Å². The van der Waals surface area contributed by atoms with Crippen molar-refractivity contribution in [3.63, 3.8) is 0 Å². The molecule has 0 saturated carbocycles. The SMILES string of the molecule is Br.C=C(C)C(=O)Nc1ccc(-c2ccccc2NCCC[Si](OCCC)(OCCC)OCCC)cc1. The van der Waals surface area contributed by atoms with E-state index in [-0.39, 0.29) is 22.9 Å². The van der Waals surface area contributed by atoms with Gasteiger partial charge in [0.25, 0.3) is 5.91 Å². The van der Waals surface area contributed by atoms with Gasteiger partial charge in [0, 0.05) is 54.9 Å². The van der Waals surface area contributed by atoms with Gasteiger partial charge in [-0.05, 0) is 56.4 Å². The van der Waals surface area contributed by atoms with E-state index in [9.17, 15) is 4.79 Å². The summed E-state index contributed by atoms with van der Waals surface area (Å²) in [7, 11) is -2.68. The number of amides is 1. The van der Waals surface area contributed by atoms with Gasteiger partial charge in [0.2, 0.25) is 0 Å². The Kier molecular flexibility index (Phi) is 15.6. The lowest BCUT2D eigenvalue weighted by molar-refractivity contribution is -0.112. The molecule has 2 aromatic rings. The van der Waals surface area contributed by atoms with Crippen LogP contribution in [0.4, 0.5) is 11.4 Å². The van der Waals surface area contributed by atoms with Gasteiger partial charge in [0.05, 0.1) is 0 Å². The van der Waals surface area contributed by atoms with Crippen LogP contribution in [0.5, 0.6) is 0 Å². The molecular weight excluding hydrogens is 536 g/mol. The van der Waals surface area contributed by atoms with Crippen molar-refractivity contribution < 1.29 is 18.1 Å². The Balaban J connectivity index is 0.00000648. The average Bonchev–Trinajstić information content (AvgIpc) is 2.88. The van der Waals surface area contributed by atoms with Gasteiger partial charge in [-0.25, -0.2) is 0 Å². The molecule has 2 aromatic carbocycles. The van der Waals surface area contributed by atoms with Crippen LogP contribution in [0.2, 0.25) is 6.04 Å². The van der Waals surface area contributed by atoms with Crippen LogP contribution in [0, 0.1) is 0 Å². The van der Waals surface area contributed by atoms with Crippen LogP contribution in [0.3, 0.4) is 0 Å². The standard InChI is InChI=1S/C28H42N2O4Si.BrH/c1-6-19-32-35(33-20-7-2,34-21-8-3)22-11-18-29-27-13-10-9-12-26(27)24-14-16-25(17-15-24)30-28(31)23(4)5;/h9-10,12-17,29H,4,6-8,11,18-22H2,1-3,5H3,(H,30,31);1H. The van der Waals surface area contributed by atoms with Crippen molar-refractivity contribution in [2.75, 3.05) is 37.0 Å². The summed E-state index contributed by atoms with van der Waals surface area (Å²) >= 11 is 0. The molecule has 1 amide bonds. The molecule has 6 nitrogen and oxygen atoms in total. The highest BCUT2D eigenvalue weighted by Crippen LogP contribution is 2.29. The topological polar surface area (TPSA) is 68.8 Å². The van der Waals surface area contributed by atoms with Crippen molar-refractivity contribution >= 4 is 43.1 Å². The number of anilines is 2. The Labute approximate surface area is 229 Å². The van der Waals surface area contributed by atoms with E-state index in [2.05, 4.69) is 50.1 Å². The second-order valence-corrected chi connectivity index (χ2v) is 11.3. The van der Waals surface area contributed by atoms with Gasteiger partial charge in [-0.1, -0.05) is 57.7 Å². The number of hydrogen-bond acceptors (Lipinski definition) is 5. The minimum Gasteiger partial charge on any atom is -0.385 e. The third-order valence-corrected chi connectivity index (χ3v) is 8.22. The van der Waals surface area contributed by atoms with Gasteiger partial charge in [-0.15, -0.1) is 17.0 Å². The first-order valence-electron chi connectivity index (χ1n) is 12.8. The van der Waals surface area contributed by atoms with Crippen molar-refractivity contribution in [1.82, 2.24) is 0 Å². The minimum absolute atomic E-state index is 0. The zero-order chi connectivity index (χ0) is 25.5. The summed E-state index contributed by atoms with van der Waals surface area (Å²) in [6, 6.07) is 16.9. The van der Waals surface area contributed by atoms with Crippen molar-refractivity contribution in [3.05, 3.63) is 60.7 Å². The number of nitrogens with one attached hydrogen (secondary N) is 2. The zero-order valence-electron chi connectivity index (χ0n) is 22.2. The molecule has 0 saturated heterocycles. The van der Waals surface area contributed by atoms with Crippen LogP contribution in [0.25, 0.3) is 11.1 Å². The van der Waals surface area contributed by atoms with E-state index in [0.29, 0.717) is 25.4 Å². The third-order valence-electron chi connectivity index (χ3n) is 5.32. The molecule has 0 spiro atoms. The van der Waals surface area contributed by atoms with Crippen molar-refractivity contribution in [2.24, 2.45) is 0 Å². The first kappa shape index (κ1) is 32.1. The van der Waals surface area contributed by atoms with Gasteiger partial charge < -0.3 is 23.9 Å². The molecule has 0 fully saturated rings. The van der Waals surface area contributed by atoms with E-state index in [1.54, 1.807) is 6.92 Å². The summed E-state index contributed by atoms with van der Waals surface area (Å²) in [4.78, 5) is 11.9. The summed E-state index contributed by atoms with van der Waals surface area (Å²) in [6.45, 7) is 14.5. The predicted octanol–water partition coefficient (Wildman–Crippen LogP) is 7.47. The summed E-state index contributed by atoms with van der Waals surface area (Å²) in [5, 5.41) is 6.44. The normalized spacial score (nSPS) is 11.0. The molecule has 2 rings (SSSR count). The Morgan fingerprint density at radius 1 is 0.889 bits per heavy atom. The lowest BCUT2D eigenvalue weighted by Crippen LogP contribution is -2.46. The number of para-hydroxylation sites is 1. The maximum absolute atomic E-state index is 11.9. The highest BCUT2D eigenvalue weighted by molar-refractivity contribution is 8.93. The third kappa shape index (κ3) is 10.6. The Hall–Kier alpha value is -1.97. The van der Waals surface area contributed by atoms with Crippen LogP contribution < -0.4 is 10.6 Å². The Morgan fingerprint density at radius 2 is 1.44 bits per heavy atom. The fourth-order valence-electron chi connectivity index (χ4n) is 3.50. The number of halogens is 1. The summed E-state index contributed by atoms with van der Waals surface area (Å²) in [5.74, 6) is -0.173. The van der Waals surface area contributed by atoms with E-state index < -0.39 is 8.80 Å². The molecule has 0 radical (unpaired) electrons. The van der Waals surface area contributed by atoms with Gasteiger partial charge in [0.1, 0.15) is 0 Å². The quantitative estimate of drug-likeness (QED) is 0.116. The van der Waals surface area contributed by atoms with Crippen molar-refractivity contribution in [1.29, 1.82) is 0 Å². The van der Waals surface area contributed by atoms with E-state index in [4.69, 9.17) is 13.3 Å². The second kappa shape index (κ2) is 17.5. The second-order valence-electron chi connectivity index (χ2n) is 8.62. The lowest BCUT2D eigenvalue weighted by atomic mass is 10.0. The molecule has 0 aliphatic rings. The van der Waals surface area contributed by atoms with Crippen LogP contribution in [0.15, 0.2) is 60.7 Å². The molecule has 200 valence electrons. The first-order chi connectivity index (χ1) is 16.9. The van der Waals surface area contributed by atoms with Gasteiger partial charge >= 0.3 is 8.80 Å². The van der Waals surface area contributed by atoms with E-state index >= 15 is 0 Å². The highest BCUT2D eigenvalue weighted by Gasteiger charge is 2.40. The van der Waals surface area contributed by atoms with Crippen LogP contribution in [0.1, 0.15) is 53.4 Å². The maximum Gasteiger partial charge on any atom is 0.501 e. The Morgan fingerprint density at radius 3 is 1.97 bits per heavy atom. The molecule has 0 aromatic heterocycles. The largest absolute Gasteiger partial charge is 0.501 e. The monoisotopic (exact) mass is 578 g/mol. The van der Waals surface area contributed by atoms with Gasteiger partial charge in [-0.2, -0.15) is 0 Å². The molecule has 2 N–H and O–H groups in total. The molecule has 0 bridgehead atoms. The van der Waals surface area contributed by atoms with Crippen LogP contribution >= 0.6 is 17.0 Å². The van der Waals surface area contributed by atoms with Crippen molar-refractivity contribution in [3.8, 4) is 11.1 Å². The fraction of sp³-hybridized carbons (Fsp3) is 0.464. The van der Waals surface area contributed by atoms with E-state index in [1.165, 1.54) is 0 Å².